The molecule has 8 heteroatoms. The summed E-state index contributed by atoms with van der Waals surface area (Å²) in [5.74, 6) is -3.93. The molecule has 1 aliphatic heterocycles. The van der Waals surface area contributed by atoms with E-state index in [1.807, 2.05) is 22.6 Å². The monoisotopic (exact) mass is 399 g/mol. The predicted molar refractivity (Wildman–Crippen MR) is 77.1 cm³/mol. The summed E-state index contributed by atoms with van der Waals surface area (Å²) in [6.45, 7) is 6.53. The molecule has 0 aromatic rings. The van der Waals surface area contributed by atoms with Crippen molar-refractivity contribution < 1.29 is 29.0 Å². The fourth-order valence-corrected chi connectivity index (χ4v) is 2.49. The second-order valence-electron chi connectivity index (χ2n) is 5.45. The molecule has 1 heterocycles. The molecule has 0 saturated carbocycles. The number of hydrogen-bond donors (Lipinski definition) is 2. The fourth-order valence-electron chi connectivity index (χ4n) is 1.82. The number of halogens is 1. The molecule has 0 aromatic heterocycles. The molecular weight excluding hydrogens is 381 g/mol. The van der Waals surface area contributed by atoms with Crippen LogP contribution in [0.3, 0.4) is 0 Å². The maximum absolute atomic E-state index is 11.9. The van der Waals surface area contributed by atoms with Crippen LogP contribution in [0.4, 0.5) is 4.79 Å². The van der Waals surface area contributed by atoms with Gasteiger partial charge in [0, 0.05) is 20.3 Å². The van der Waals surface area contributed by atoms with E-state index in [4.69, 9.17) is 14.6 Å². The van der Waals surface area contributed by atoms with E-state index in [2.05, 4.69) is 5.32 Å². The van der Waals surface area contributed by atoms with Gasteiger partial charge in [0.1, 0.15) is 0 Å². The van der Waals surface area contributed by atoms with Gasteiger partial charge in [-0.15, -0.1) is 0 Å². The van der Waals surface area contributed by atoms with Gasteiger partial charge in [-0.3, -0.25) is 9.59 Å². The zero-order chi connectivity index (χ0) is 15.7. The lowest BCUT2D eigenvalue weighted by Crippen LogP contribution is -2.53. The smallest absolute Gasteiger partial charge is 0.405 e. The van der Waals surface area contributed by atoms with E-state index < -0.39 is 33.3 Å². The van der Waals surface area contributed by atoms with Gasteiger partial charge in [-0.05, 0) is 5.92 Å². The summed E-state index contributed by atoms with van der Waals surface area (Å²) in [5, 5.41) is 11.2. The first kappa shape index (κ1) is 17.0. The molecule has 20 heavy (non-hydrogen) atoms. The summed E-state index contributed by atoms with van der Waals surface area (Å²) in [6, 6.07) is 0. The average molecular weight is 399 g/mol. The molecule has 114 valence electrons. The van der Waals surface area contributed by atoms with Crippen molar-refractivity contribution in [2.75, 3.05) is 0 Å². The fraction of sp³-hybridized carbons (Fsp3) is 0.750. The number of esters is 2. The predicted octanol–water partition coefficient (Wildman–Crippen LogP) is 1.88. The van der Waals surface area contributed by atoms with E-state index in [9.17, 15) is 14.4 Å². The number of rotatable bonds is 4. The molecule has 0 bridgehead atoms. The topological polar surface area (TPSA) is 102 Å². The number of carboxylic acid groups (broad SMARTS) is 1. The Morgan fingerprint density at radius 1 is 1.40 bits per heavy atom. The van der Waals surface area contributed by atoms with Crippen molar-refractivity contribution >= 4 is 40.6 Å². The number of alkyl halides is 1. The summed E-state index contributed by atoms with van der Waals surface area (Å²) >= 11 is 1.90. The Bertz CT molecular complexity index is 416. The van der Waals surface area contributed by atoms with E-state index >= 15 is 0 Å². The second kappa shape index (κ2) is 5.74. The Labute approximate surface area is 130 Å². The van der Waals surface area contributed by atoms with Crippen molar-refractivity contribution in [3.63, 3.8) is 0 Å². The maximum Gasteiger partial charge on any atom is 0.405 e. The number of nitrogens with one attached hydrogen (secondary N) is 1. The summed E-state index contributed by atoms with van der Waals surface area (Å²) in [7, 11) is 0. The van der Waals surface area contributed by atoms with Crippen LogP contribution < -0.4 is 5.32 Å². The normalized spacial score (nSPS) is 21.9. The summed E-state index contributed by atoms with van der Waals surface area (Å²) in [6.07, 6.45) is -1.24. The van der Waals surface area contributed by atoms with Crippen LogP contribution >= 0.6 is 22.6 Å². The standard InChI is InChI=1S/C12H18INO6/c1-6(2)12(13,14-10(17)18)5-7-8(15)19-11(3,4)20-9(7)16/h6-7,14H,5H2,1-4H3,(H,17,18). The molecule has 1 atom stereocenters. The van der Waals surface area contributed by atoms with Crippen LogP contribution in [0.1, 0.15) is 34.1 Å². The van der Waals surface area contributed by atoms with E-state index in [-0.39, 0.29) is 12.3 Å². The minimum atomic E-state index is -1.28. The van der Waals surface area contributed by atoms with Crippen LogP contribution in [0.25, 0.3) is 0 Å². The molecular formula is C12H18INO6. The zero-order valence-electron chi connectivity index (χ0n) is 11.7. The molecule has 0 radical (unpaired) electrons. The van der Waals surface area contributed by atoms with E-state index in [0.717, 1.165) is 0 Å². The average Bonchev–Trinajstić information content (AvgIpc) is 2.21. The van der Waals surface area contributed by atoms with Gasteiger partial charge < -0.3 is 19.9 Å². The molecule has 1 rings (SSSR count). The van der Waals surface area contributed by atoms with Crippen molar-refractivity contribution in [3.8, 4) is 0 Å². The quantitative estimate of drug-likeness (QED) is 0.246. The number of amides is 1. The molecule has 0 aromatic carbocycles. The van der Waals surface area contributed by atoms with Crippen LogP contribution in [0, 0.1) is 11.8 Å². The summed E-state index contributed by atoms with van der Waals surface area (Å²) in [5.41, 5.74) is 0. The first-order valence-electron chi connectivity index (χ1n) is 6.12. The Morgan fingerprint density at radius 2 is 1.85 bits per heavy atom. The minimum Gasteiger partial charge on any atom is -0.465 e. The van der Waals surface area contributed by atoms with E-state index in [1.54, 1.807) is 13.8 Å². The lowest BCUT2D eigenvalue weighted by atomic mass is 9.92. The van der Waals surface area contributed by atoms with Crippen LogP contribution in [0.2, 0.25) is 0 Å². The van der Waals surface area contributed by atoms with E-state index in [0.29, 0.717) is 0 Å². The van der Waals surface area contributed by atoms with Crippen molar-refractivity contribution in [2.45, 2.75) is 43.4 Å². The zero-order valence-corrected chi connectivity index (χ0v) is 13.9. The van der Waals surface area contributed by atoms with Crippen molar-refractivity contribution in [1.29, 1.82) is 0 Å². The number of ether oxygens (including phenoxy) is 2. The van der Waals surface area contributed by atoms with Crippen LogP contribution in [-0.2, 0) is 19.1 Å². The molecule has 1 aliphatic rings. The molecule has 1 saturated heterocycles. The molecule has 7 nitrogen and oxygen atoms in total. The molecule has 0 spiro atoms. The van der Waals surface area contributed by atoms with Gasteiger partial charge in [0.05, 0.1) is 3.55 Å². The third-order valence-electron chi connectivity index (χ3n) is 2.99. The SMILES string of the molecule is CC(C)C(I)(CC1C(=O)OC(C)(C)OC1=O)NC(=O)O. The minimum absolute atomic E-state index is 0.0225. The third kappa shape index (κ3) is 3.97. The lowest BCUT2D eigenvalue weighted by molar-refractivity contribution is -0.240. The number of carbonyl (C=O) groups excluding carboxylic acids is 2. The van der Waals surface area contributed by atoms with Gasteiger partial charge in [-0.25, -0.2) is 4.79 Å². The maximum atomic E-state index is 11.9. The van der Waals surface area contributed by atoms with Gasteiger partial charge in [-0.2, -0.15) is 0 Å². The largest absolute Gasteiger partial charge is 0.465 e. The first-order chi connectivity index (χ1) is 8.97. The van der Waals surface area contributed by atoms with Crippen molar-refractivity contribution in [1.82, 2.24) is 5.32 Å². The Balaban J connectivity index is 2.92. The van der Waals surface area contributed by atoms with Crippen LogP contribution in [0.5, 0.6) is 0 Å². The number of hydrogen-bond acceptors (Lipinski definition) is 5. The number of carbonyl (C=O) groups is 3. The van der Waals surface area contributed by atoms with Crippen molar-refractivity contribution in [3.05, 3.63) is 0 Å². The highest BCUT2D eigenvalue weighted by atomic mass is 127. The molecule has 1 unspecified atom stereocenters. The van der Waals surface area contributed by atoms with Gasteiger partial charge in [-0.1, -0.05) is 36.4 Å². The second-order valence-corrected chi connectivity index (χ2v) is 7.37. The molecule has 0 aliphatic carbocycles. The Kier molecular flexibility index (Phi) is 4.88. The highest BCUT2D eigenvalue weighted by Gasteiger charge is 2.48. The van der Waals surface area contributed by atoms with Gasteiger partial charge in [0.15, 0.2) is 5.92 Å². The van der Waals surface area contributed by atoms with Crippen LogP contribution in [0.15, 0.2) is 0 Å². The highest BCUT2D eigenvalue weighted by molar-refractivity contribution is 14.1. The van der Waals surface area contributed by atoms with Gasteiger partial charge in [0.2, 0.25) is 0 Å². The van der Waals surface area contributed by atoms with Crippen molar-refractivity contribution in [2.24, 2.45) is 11.8 Å². The highest BCUT2D eigenvalue weighted by Crippen LogP contribution is 2.36. The molecule has 2 N–H and O–H groups in total. The first-order valence-corrected chi connectivity index (χ1v) is 7.20. The van der Waals surface area contributed by atoms with Crippen LogP contribution in [-0.4, -0.2) is 32.5 Å². The molecule has 1 amide bonds. The van der Waals surface area contributed by atoms with Gasteiger partial charge in [0.25, 0.3) is 5.79 Å². The molecule has 1 fully saturated rings. The summed E-state index contributed by atoms with van der Waals surface area (Å²) < 4.78 is 9.09. The van der Waals surface area contributed by atoms with Gasteiger partial charge >= 0.3 is 18.0 Å². The lowest BCUT2D eigenvalue weighted by Gasteiger charge is -2.38. The van der Waals surface area contributed by atoms with E-state index in [1.165, 1.54) is 13.8 Å². The third-order valence-corrected chi connectivity index (χ3v) is 4.95. The Morgan fingerprint density at radius 3 is 2.20 bits per heavy atom. The number of cyclic esters (lactones) is 2. The summed E-state index contributed by atoms with van der Waals surface area (Å²) in [4.78, 5) is 34.7. The Hall–Kier alpha value is -1.06.